The Hall–Kier alpha value is -2.19. The minimum Gasteiger partial charge on any atom is -0.460 e. The van der Waals surface area contributed by atoms with Gasteiger partial charge in [-0.15, -0.1) is 0 Å². The van der Waals surface area contributed by atoms with Crippen LogP contribution in [0.3, 0.4) is 0 Å². The van der Waals surface area contributed by atoms with Crippen molar-refractivity contribution in [2.45, 2.75) is 31.8 Å². The van der Waals surface area contributed by atoms with Crippen LogP contribution in [0.4, 0.5) is 5.69 Å². The summed E-state index contributed by atoms with van der Waals surface area (Å²) in [4.78, 5) is 19.6. The second kappa shape index (κ2) is 5.30. The molecular weight excluding hydrogens is 276 g/mol. The molecule has 3 heterocycles. The number of rotatable bonds is 3. The highest BCUT2D eigenvalue weighted by Crippen LogP contribution is 2.33. The van der Waals surface area contributed by atoms with E-state index in [-0.39, 0.29) is 6.61 Å². The number of imidazole rings is 1. The number of aliphatic hydroxyl groups is 1. The lowest BCUT2D eigenvalue weighted by molar-refractivity contribution is -0.150. The Labute approximate surface area is 120 Å². The molecule has 0 saturated carbocycles. The first-order valence-electron chi connectivity index (χ1n) is 6.60. The van der Waals surface area contributed by atoms with Crippen LogP contribution in [0.15, 0.2) is 18.6 Å². The van der Waals surface area contributed by atoms with Crippen LogP contribution in [0.25, 0.3) is 11.2 Å². The number of hydrogen-bond donors (Lipinski definition) is 2. The van der Waals surface area contributed by atoms with Crippen molar-refractivity contribution in [1.29, 1.82) is 0 Å². The maximum absolute atomic E-state index is 11.1. The Kier molecular flexibility index (Phi) is 3.48. The van der Waals surface area contributed by atoms with Gasteiger partial charge in [0.1, 0.15) is 24.0 Å². The molecule has 8 nitrogen and oxygen atoms in total. The van der Waals surface area contributed by atoms with Gasteiger partial charge in [-0.25, -0.2) is 9.97 Å². The van der Waals surface area contributed by atoms with Crippen molar-refractivity contribution in [2.75, 3.05) is 12.3 Å². The molecule has 0 radical (unpaired) electrons. The van der Waals surface area contributed by atoms with Gasteiger partial charge in [-0.05, 0) is 6.07 Å². The smallest absolute Gasteiger partial charge is 0.302 e. The number of nitrogens with two attached hydrogens (primary N) is 1. The quantitative estimate of drug-likeness (QED) is 0.778. The fourth-order valence-corrected chi connectivity index (χ4v) is 2.54. The van der Waals surface area contributed by atoms with E-state index in [1.54, 1.807) is 23.2 Å². The highest BCUT2D eigenvalue weighted by atomic mass is 16.6. The van der Waals surface area contributed by atoms with E-state index in [0.29, 0.717) is 23.3 Å². The zero-order valence-corrected chi connectivity index (χ0v) is 11.5. The SMILES string of the molecule is CC(=O)OC1CC(n2cnc3c(N)ccnc32)OC1CO. The second-order valence-electron chi connectivity index (χ2n) is 4.92. The molecule has 1 saturated heterocycles. The lowest BCUT2D eigenvalue weighted by Crippen LogP contribution is -2.29. The van der Waals surface area contributed by atoms with E-state index in [0.717, 1.165) is 0 Å². The van der Waals surface area contributed by atoms with E-state index in [1.165, 1.54) is 6.92 Å². The summed E-state index contributed by atoms with van der Waals surface area (Å²) in [7, 11) is 0. The normalized spacial score (nSPS) is 25.3. The standard InChI is InChI=1S/C13H16N4O4/c1-7(19)20-9-4-11(21-10(9)5-18)17-6-16-12-8(14)2-3-15-13(12)17/h2-3,6,9-11,18H,4-5H2,1H3,(H2,14,15). The van der Waals surface area contributed by atoms with Crippen molar-refractivity contribution >= 4 is 22.8 Å². The van der Waals surface area contributed by atoms with Gasteiger partial charge in [-0.3, -0.25) is 9.36 Å². The number of ether oxygens (including phenoxy) is 2. The summed E-state index contributed by atoms with van der Waals surface area (Å²) in [6.07, 6.45) is 2.15. The third-order valence-corrected chi connectivity index (χ3v) is 3.48. The Morgan fingerprint density at radius 2 is 2.43 bits per heavy atom. The average Bonchev–Trinajstić information content (AvgIpc) is 3.02. The minimum absolute atomic E-state index is 0.226. The van der Waals surface area contributed by atoms with Gasteiger partial charge in [0.25, 0.3) is 0 Å². The van der Waals surface area contributed by atoms with Gasteiger partial charge in [0.05, 0.1) is 18.6 Å². The molecule has 3 N–H and O–H groups in total. The zero-order chi connectivity index (χ0) is 15.0. The molecule has 8 heteroatoms. The van der Waals surface area contributed by atoms with Crippen LogP contribution in [0.1, 0.15) is 19.6 Å². The van der Waals surface area contributed by atoms with Crippen molar-refractivity contribution in [3.8, 4) is 0 Å². The monoisotopic (exact) mass is 292 g/mol. The maximum Gasteiger partial charge on any atom is 0.302 e. The topological polar surface area (TPSA) is 112 Å². The van der Waals surface area contributed by atoms with E-state index < -0.39 is 24.4 Å². The molecule has 2 aromatic heterocycles. The highest BCUT2D eigenvalue weighted by Gasteiger charge is 2.38. The number of carbonyl (C=O) groups is 1. The Morgan fingerprint density at radius 3 is 3.14 bits per heavy atom. The molecule has 1 fully saturated rings. The number of hydrogen-bond acceptors (Lipinski definition) is 7. The van der Waals surface area contributed by atoms with Gasteiger partial charge in [-0.2, -0.15) is 0 Å². The second-order valence-corrected chi connectivity index (χ2v) is 4.92. The average molecular weight is 292 g/mol. The molecule has 0 bridgehead atoms. The van der Waals surface area contributed by atoms with Gasteiger partial charge in [0.2, 0.25) is 0 Å². The van der Waals surface area contributed by atoms with Crippen LogP contribution in [0, 0.1) is 0 Å². The Balaban J connectivity index is 1.90. The molecule has 0 amide bonds. The molecule has 112 valence electrons. The van der Waals surface area contributed by atoms with Gasteiger partial charge in [0.15, 0.2) is 5.65 Å². The zero-order valence-electron chi connectivity index (χ0n) is 11.5. The summed E-state index contributed by atoms with van der Waals surface area (Å²) in [5.74, 6) is -0.402. The van der Waals surface area contributed by atoms with Gasteiger partial charge >= 0.3 is 5.97 Å². The molecule has 0 aromatic carbocycles. The van der Waals surface area contributed by atoms with Crippen molar-refractivity contribution in [3.63, 3.8) is 0 Å². The first kappa shape index (κ1) is 13.8. The molecule has 3 atom stereocenters. The number of aliphatic hydroxyl groups excluding tert-OH is 1. The molecule has 1 aliphatic heterocycles. The maximum atomic E-state index is 11.1. The van der Waals surface area contributed by atoms with Crippen LogP contribution in [-0.2, 0) is 14.3 Å². The van der Waals surface area contributed by atoms with Crippen molar-refractivity contribution in [1.82, 2.24) is 14.5 Å². The van der Waals surface area contributed by atoms with Crippen LogP contribution >= 0.6 is 0 Å². The molecule has 3 unspecified atom stereocenters. The molecule has 0 aliphatic carbocycles. The fraction of sp³-hybridized carbons (Fsp3) is 0.462. The van der Waals surface area contributed by atoms with Gasteiger partial charge in [-0.1, -0.05) is 0 Å². The summed E-state index contributed by atoms with van der Waals surface area (Å²) >= 11 is 0. The Bertz CT molecular complexity index is 671. The van der Waals surface area contributed by atoms with Gasteiger partial charge < -0.3 is 20.3 Å². The van der Waals surface area contributed by atoms with E-state index >= 15 is 0 Å². The van der Waals surface area contributed by atoms with Gasteiger partial charge in [0, 0.05) is 19.5 Å². The first-order valence-corrected chi connectivity index (χ1v) is 6.60. The van der Waals surface area contributed by atoms with E-state index in [4.69, 9.17) is 15.2 Å². The minimum atomic E-state index is -0.558. The number of nitrogen functional groups attached to an aromatic ring is 1. The predicted octanol–water partition coefficient (Wildman–Crippen LogP) is 0.225. The van der Waals surface area contributed by atoms with E-state index in [1.807, 2.05) is 0 Å². The molecule has 0 spiro atoms. The van der Waals surface area contributed by atoms with Crippen LogP contribution in [0.5, 0.6) is 0 Å². The number of carbonyl (C=O) groups excluding carboxylic acids is 1. The lowest BCUT2D eigenvalue weighted by atomic mass is 10.2. The van der Waals surface area contributed by atoms with E-state index in [9.17, 15) is 9.90 Å². The van der Waals surface area contributed by atoms with E-state index in [2.05, 4.69) is 9.97 Å². The molecule has 2 aromatic rings. The fourth-order valence-electron chi connectivity index (χ4n) is 2.54. The van der Waals surface area contributed by atoms with Crippen molar-refractivity contribution in [3.05, 3.63) is 18.6 Å². The summed E-state index contributed by atoms with van der Waals surface area (Å²) in [5.41, 5.74) is 7.58. The summed E-state index contributed by atoms with van der Waals surface area (Å²) in [6.45, 7) is 1.10. The summed E-state index contributed by atoms with van der Waals surface area (Å²) in [5, 5.41) is 9.35. The highest BCUT2D eigenvalue weighted by molar-refractivity contribution is 5.83. The third-order valence-electron chi connectivity index (χ3n) is 3.48. The Morgan fingerprint density at radius 1 is 1.62 bits per heavy atom. The number of aromatic nitrogens is 3. The largest absolute Gasteiger partial charge is 0.460 e. The molecular formula is C13H16N4O4. The summed E-state index contributed by atoms with van der Waals surface area (Å²) in [6, 6.07) is 1.67. The van der Waals surface area contributed by atoms with Crippen molar-refractivity contribution < 1.29 is 19.4 Å². The molecule has 1 aliphatic rings. The van der Waals surface area contributed by atoms with Crippen LogP contribution in [0.2, 0.25) is 0 Å². The van der Waals surface area contributed by atoms with Crippen LogP contribution in [-0.4, -0.2) is 44.4 Å². The third kappa shape index (κ3) is 2.43. The number of esters is 1. The molecule has 21 heavy (non-hydrogen) atoms. The lowest BCUT2D eigenvalue weighted by Gasteiger charge is -2.15. The number of anilines is 1. The summed E-state index contributed by atoms with van der Waals surface area (Å²) < 4.78 is 12.6. The number of pyridine rings is 1. The molecule has 3 rings (SSSR count). The number of nitrogens with zero attached hydrogens (tertiary/aromatic N) is 3. The predicted molar refractivity (Wildman–Crippen MR) is 73.1 cm³/mol. The van der Waals surface area contributed by atoms with Crippen LogP contribution < -0.4 is 5.73 Å². The number of fused-ring (bicyclic) bond motifs is 1. The van der Waals surface area contributed by atoms with Crippen molar-refractivity contribution in [2.24, 2.45) is 0 Å². The first-order chi connectivity index (χ1) is 10.1.